The molecule has 7 heteroatoms. The molecule has 1 aliphatic carbocycles. The topological polar surface area (TPSA) is 52.9 Å². The lowest BCUT2D eigenvalue weighted by Gasteiger charge is -2.61. The molecule has 5 rings (SSSR count). The Morgan fingerprint density at radius 3 is 2.56 bits per heavy atom. The van der Waals surface area contributed by atoms with Gasteiger partial charge in [0.2, 0.25) is 0 Å². The summed E-state index contributed by atoms with van der Waals surface area (Å²) in [7, 11) is 0. The number of hydrogen-bond donors (Lipinski definition) is 1. The molecular weight excluding hydrogens is 441 g/mol. The minimum Gasteiger partial charge on any atom is -0.376 e. The number of rotatable bonds is 2. The molecule has 1 saturated heterocycles. The molecule has 0 aromatic heterocycles. The summed E-state index contributed by atoms with van der Waals surface area (Å²) in [6.45, 7) is 7.61. The smallest absolute Gasteiger partial charge is 0.376 e. The van der Waals surface area contributed by atoms with Crippen molar-refractivity contribution in [3.8, 4) is 0 Å². The van der Waals surface area contributed by atoms with Crippen molar-refractivity contribution in [2.75, 3.05) is 6.54 Å². The third-order valence-electron chi connectivity index (χ3n) is 8.84. The number of fused-ring (bicyclic) bond motifs is 5. The van der Waals surface area contributed by atoms with E-state index in [1.165, 1.54) is 6.07 Å². The first kappa shape index (κ1) is 23.1. The molecule has 2 heterocycles. The van der Waals surface area contributed by atoms with Gasteiger partial charge in [0.05, 0.1) is 5.69 Å². The van der Waals surface area contributed by atoms with E-state index in [1.807, 2.05) is 29.3 Å². The van der Waals surface area contributed by atoms with E-state index in [9.17, 15) is 23.1 Å². The zero-order valence-electron chi connectivity index (χ0n) is 19.8. The van der Waals surface area contributed by atoms with Gasteiger partial charge in [-0.2, -0.15) is 13.2 Å². The van der Waals surface area contributed by atoms with Gasteiger partial charge < -0.3 is 10.0 Å². The fourth-order valence-electron chi connectivity index (χ4n) is 6.03. The number of benzene rings is 2. The number of piperidine rings is 1. The second kappa shape index (κ2) is 7.17. The lowest BCUT2D eigenvalue weighted by molar-refractivity contribution is -0.258. The molecule has 2 aromatic rings. The summed E-state index contributed by atoms with van der Waals surface area (Å²) >= 11 is 0. The molecule has 1 amide bonds. The van der Waals surface area contributed by atoms with Crippen molar-refractivity contribution >= 4 is 17.8 Å². The Morgan fingerprint density at radius 2 is 1.85 bits per heavy atom. The zero-order valence-corrected chi connectivity index (χ0v) is 19.8. The summed E-state index contributed by atoms with van der Waals surface area (Å²) in [6.07, 6.45) is -1.02. The molecule has 3 atom stereocenters. The molecule has 1 unspecified atom stereocenters. The summed E-state index contributed by atoms with van der Waals surface area (Å²) in [5.74, 6) is -0.0186. The van der Waals surface area contributed by atoms with Crippen molar-refractivity contribution in [3.63, 3.8) is 0 Å². The van der Waals surface area contributed by atoms with Gasteiger partial charge in [0, 0.05) is 36.2 Å². The number of carbonyl (C=O) groups excluding carboxylic acids is 1. The molecule has 34 heavy (non-hydrogen) atoms. The summed E-state index contributed by atoms with van der Waals surface area (Å²) < 4.78 is 40.6. The molecule has 1 N–H and O–H groups in total. The lowest BCUT2D eigenvalue weighted by atomic mass is 9.50. The highest BCUT2D eigenvalue weighted by Gasteiger charge is 2.58. The van der Waals surface area contributed by atoms with Crippen LogP contribution in [-0.4, -0.2) is 40.9 Å². The van der Waals surface area contributed by atoms with Gasteiger partial charge in [0.1, 0.15) is 0 Å². The Morgan fingerprint density at radius 1 is 1.12 bits per heavy atom. The van der Waals surface area contributed by atoms with E-state index in [-0.39, 0.29) is 22.9 Å². The highest BCUT2D eigenvalue weighted by Crippen LogP contribution is 2.57. The van der Waals surface area contributed by atoms with Gasteiger partial charge in [-0.3, -0.25) is 9.79 Å². The van der Waals surface area contributed by atoms with E-state index < -0.39 is 17.2 Å². The molecule has 0 radical (unpaired) electrons. The molecule has 4 nitrogen and oxygen atoms in total. The van der Waals surface area contributed by atoms with Gasteiger partial charge in [0.15, 0.2) is 5.60 Å². The third-order valence-corrected chi connectivity index (χ3v) is 8.84. The first-order chi connectivity index (χ1) is 15.8. The quantitative estimate of drug-likeness (QED) is 0.633. The van der Waals surface area contributed by atoms with Gasteiger partial charge in [-0.15, -0.1) is 0 Å². The maximum absolute atomic E-state index is 13.6. The molecular formula is C27H29F3N2O2. The number of halogens is 3. The van der Waals surface area contributed by atoms with Crippen LogP contribution in [0.5, 0.6) is 0 Å². The number of alkyl halides is 3. The second-order valence-electron chi connectivity index (χ2n) is 10.8. The van der Waals surface area contributed by atoms with Crippen LogP contribution in [0.1, 0.15) is 66.7 Å². The van der Waals surface area contributed by atoms with Crippen molar-refractivity contribution in [3.05, 3.63) is 64.2 Å². The molecule has 3 aliphatic rings. The number of hydrogen-bond acceptors (Lipinski definition) is 3. The summed E-state index contributed by atoms with van der Waals surface area (Å²) in [5, 5.41) is 10.3. The van der Waals surface area contributed by atoms with Crippen LogP contribution in [0.4, 0.5) is 18.9 Å². The second-order valence-corrected chi connectivity index (χ2v) is 10.8. The number of likely N-dealkylation sites (tertiary alicyclic amines) is 1. The minimum atomic E-state index is -4.77. The minimum absolute atomic E-state index is 0.0186. The average Bonchev–Trinajstić information content (AvgIpc) is 3.23. The highest BCUT2D eigenvalue weighted by atomic mass is 19.4. The Kier molecular flexibility index (Phi) is 4.87. The van der Waals surface area contributed by atoms with Crippen molar-refractivity contribution in [1.29, 1.82) is 0 Å². The Hall–Kier alpha value is -2.67. The van der Waals surface area contributed by atoms with E-state index >= 15 is 0 Å². The van der Waals surface area contributed by atoms with Crippen LogP contribution < -0.4 is 0 Å². The van der Waals surface area contributed by atoms with Gasteiger partial charge in [-0.05, 0) is 65.6 Å². The first-order valence-corrected chi connectivity index (χ1v) is 11.7. The Balaban J connectivity index is 1.53. The van der Waals surface area contributed by atoms with Gasteiger partial charge in [-0.1, -0.05) is 39.0 Å². The Bertz CT molecular complexity index is 1210. The van der Waals surface area contributed by atoms with E-state index in [1.54, 1.807) is 12.1 Å². The SMILES string of the molecule is CC(O)(c1ccc2c(c1)[C@]1(C)CCN(C(=O)c3ccc4c(c3)CC=N4)[C@@H](C2)C1(C)C)C(F)(F)F. The molecule has 180 valence electrons. The lowest BCUT2D eigenvalue weighted by Crippen LogP contribution is -2.65. The van der Waals surface area contributed by atoms with E-state index in [2.05, 4.69) is 25.8 Å². The van der Waals surface area contributed by atoms with Crippen LogP contribution in [0, 0.1) is 5.41 Å². The molecule has 1 fully saturated rings. The van der Waals surface area contributed by atoms with Crippen LogP contribution in [0.3, 0.4) is 0 Å². The predicted molar refractivity (Wildman–Crippen MR) is 125 cm³/mol. The molecule has 0 spiro atoms. The number of aliphatic imine (C=N–C) groups is 1. The number of carbonyl (C=O) groups is 1. The number of aliphatic hydroxyl groups is 1. The molecule has 0 saturated carbocycles. The maximum Gasteiger partial charge on any atom is 0.421 e. The monoisotopic (exact) mass is 470 g/mol. The van der Waals surface area contributed by atoms with Gasteiger partial charge >= 0.3 is 6.18 Å². The first-order valence-electron chi connectivity index (χ1n) is 11.7. The van der Waals surface area contributed by atoms with Crippen LogP contribution >= 0.6 is 0 Å². The Labute approximate surface area is 197 Å². The standard InChI is InChI=1S/C27H29F3N2O2/c1-24(2)22-14-16-5-7-19(26(4,34)27(28,29)30)15-20(16)25(24,3)10-12-32(22)23(33)18-6-8-21-17(13-18)9-11-31-21/h5-8,11,13,15,22,34H,9-10,12,14H2,1-4H3/t22-,25-,26?/m0/s1. The predicted octanol–water partition coefficient (Wildman–Crippen LogP) is 5.47. The number of nitrogens with zero attached hydrogens (tertiary/aromatic N) is 2. The van der Waals surface area contributed by atoms with E-state index in [4.69, 9.17) is 0 Å². The van der Waals surface area contributed by atoms with Crippen LogP contribution in [0.2, 0.25) is 0 Å². The molecule has 2 aliphatic heterocycles. The summed E-state index contributed by atoms with van der Waals surface area (Å²) in [6, 6.07) is 10.2. The van der Waals surface area contributed by atoms with Crippen LogP contribution in [0.15, 0.2) is 41.4 Å². The fourth-order valence-corrected chi connectivity index (χ4v) is 6.03. The van der Waals surface area contributed by atoms with E-state index in [0.29, 0.717) is 24.9 Å². The van der Waals surface area contributed by atoms with Gasteiger partial charge in [0.25, 0.3) is 5.91 Å². The summed E-state index contributed by atoms with van der Waals surface area (Å²) in [5.41, 5.74) is 0.491. The third kappa shape index (κ3) is 3.09. The molecule has 2 bridgehead atoms. The van der Waals surface area contributed by atoms with Crippen molar-refractivity contribution in [1.82, 2.24) is 4.90 Å². The van der Waals surface area contributed by atoms with Crippen LogP contribution in [0.25, 0.3) is 0 Å². The zero-order chi connectivity index (χ0) is 24.7. The highest BCUT2D eigenvalue weighted by molar-refractivity contribution is 5.96. The maximum atomic E-state index is 13.6. The van der Waals surface area contributed by atoms with Crippen molar-refractivity contribution < 1.29 is 23.1 Å². The average molecular weight is 471 g/mol. The van der Waals surface area contributed by atoms with E-state index in [0.717, 1.165) is 35.7 Å². The van der Waals surface area contributed by atoms with Crippen molar-refractivity contribution in [2.45, 2.75) is 70.2 Å². The molecule has 2 aromatic carbocycles. The fraction of sp³-hybridized carbons (Fsp3) is 0.481. The van der Waals surface area contributed by atoms with Crippen LogP contribution in [-0.2, 0) is 23.9 Å². The summed E-state index contributed by atoms with van der Waals surface area (Å²) in [4.78, 5) is 19.9. The van der Waals surface area contributed by atoms with Gasteiger partial charge in [-0.25, -0.2) is 0 Å². The largest absolute Gasteiger partial charge is 0.421 e. The number of amides is 1. The normalized spacial score (nSPS) is 26.6. The van der Waals surface area contributed by atoms with Crippen molar-refractivity contribution in [2.24, 2.45) is 10.4 Å².